The van der Waals surface area contributed by atoms with Crippen molar-refractivity contribution < 1.29 is 23.1 Å². The van der Waals surface area contributed by atoms with Crippen molar-refractivity contribution >= 4 is 16.0 Å². The molecule has 0 saturated carbocycles. The Morgan fingerprint density at radius 2 is 1.95 bits per heavy atom. The molecule has 0 radical (unpaired) electrons. The van der Waals surface area contributed by atoms with E-state index in [1.807, 2.05) is 13.8 Å². The van der Waals surface area contributed by atoms with E-state index in [-0.39, 0.29) is 17.5 Å². The minimum atomic E-state index is -3.69. The SMILES string of the molecule is CCOc1ccc(S(=O)(=O)N2CC(C(=O)O)CCC2C)cc1. The predicted octanol–water partition coefficient (Wildman–Crippen LogP) is 1.96. The van der Waals surface area contributed by atoms with Crippen LogP contribution >= 0.6 is 0 Å². The maximum atomic E-state index is 12.7. The molecule has 1 aromatic carbocycles. The first-order chi connectivity index (χ1) is 10.4. The van der Waals surface area contributed by atoms with Crippen LogP contribution in [0.4, 0.5) is 0 Å². The van der Waals surface area contributed by atoms with Gasteiger partial charge in [0.15, 0.2) is 0 Å². The summed E-state index contributed by atoms with van der Waals surface area (Å²) >= 11 is 0. The Hall–Kier alpha value is -1.60. The molecule has 1 aliphatic rings. The van der Waals surface area contributed by atoms with E-state index in [4.69, 9.17) is 9.84 Å². The Bertz CT molecular complexity index is 626. The number of rotatable bonds is 5. The van der Waals surface area contributed by atoms with Gasteiger partial charge in [-0.25, -0.2) is 8.42 Å². The largest absolute Gasteiger partial charge is 0.494 e. The number of carboxylic acid groups (broad SMARTS) is 1. The molecule has 0 bridgehead atoms. The Morgan fingerprint density at radius 3 is 2.50 bits per heavy atom. The molecule has 1 fully saturated rings. The molecule has 0 spiro atoms. The Kier molecular flexibility index (Phi) is 5.08. The standard InChI is InChI=1S/C15H21NO5S/c1-3-21-13-6-8-14(9-7-13)22(19,20)16-10-12(15(17)18)5-4-11(16)2/h6-9,11-12H,3-5,10H2,1-2H3,(H,17,18). The summed E-state index contributed by atoms with van der Waals surface area (Å²) in [5.74, 6) is -0.982. The van der Waals surface area contributed by atoms with Crippen molar-refractivity contribution in [3.8, 4) is 5.75 Å². The molecule has 122 valence electrons. The summed E-state index contributed by atoms with van der Waals surface area (Å²) in [4.78, 5) is 11.3. The topological polar surface area (TPSA) is 83.9 Å². The summed E-state index contributed by atoms with van der Waals surface area (Å²) in [5, 5.41) is 9.14. The number of aliphatic carboxylic acids is 1. The first-order valence-corrected chi connectivity index (χ1v) is 8.77. The summed E-state index contributed by atoms with van der Waals surface area (Å²) in [6.45, 7) is 4.19. The van der Waals surface area contributed by atoms with E-state index in [1.165, 1.54) is 16.4 Å². The minimum absolute atomic E-state index is 0.0199. The van der Waals surface area contributed by atoms with Crippen LogP contribution in [0, 0.1) is 5.92 Å². The summed E-state index contributed by atoms with van der Waals surface area (Å²) in [5.41, 5.74) is 0. The van der Waals surface area contributed by atoms with Crippen LogP contribution in [-0.4, -0.2) is 43.0 Å². The molecule has 2 rings (SSSR count). The fourth-order valence-corrected chi connectivity index (χ4v) is 4.33. The molecule has 1 aromatic rings. The lowest BCUT2D eigenvalue weighted by Gasteiger charge is -2.35. The average Bonchev–Trinajstić information content (AvgIpc) is 2.48. The first kappa shape index (κ1) is 16.8. The third-order valence-corrected chi connectivity index (χ3v) is 5.91. The number of carboxylic acids is 1. The summed E-state index contributed by atoms with van der Waals surface area (Å²) in [6.07, 6.45) is 1.05. The average molecular weight is 327 g/mol. The number of hydrogen-bond acceptors (Lipinski definition) is 4. The number of carbonyl (C=O) groups is 1. The molecular weight excluding hydrogens is 306 g/mol. The van der Waals surface area contributed by atoms with Gasteiger partial charge in [-0.3, -0.25) is 4.79 Å². The molecule has 1 saturated heterocycles. The number of nitrogens with zero attached hydrogens (tertiary/aromatic N) is 1. The van der Waals surface area contributed by atoms with Gasteiger partial charge in [-0.15, -0.1) is 0 Å². The van der Waals surface area contributed by atoms with Crippen molar-refractivity contribution in [3.05, 3.63) is 24.3 Å². The first-order valence-electron chi connectivity index (χ1n) is 7.33. The highest BCUT2D eigenvalue weighted by Crippen LogP contribution is 2.29. The van der Waals surface area contributed by atoms with Gasteiger partial charge in [-0.2, -0.15) is 4.31 Å². The van der Waals surface area contributed by atoms with Crippen LogP contribution in [0.25, 0.3) is 0 Å². The van der Waals surface area contributed by atoms with Gasteiger partial charge in [-0.05, 0) is 51.0 Å². The second-order valence-electron chi connectivity index (χ2n) is 5.44. The molecule has 0 aromatic heterocycles. The van der Waals surface area contributed by atoms with Crippen molar-refractivity contribution in [1.29, 1.82) is 0 Å². The van der Waals surface area contributed by atoms with E-state index in [9.17, 15) is 13.2 Å². The van der Waals surface area contributed by atoms with Crippen molar-refractivity contribution in [2.45, 2.75) is 37.6 Å². The zero-order valence-corrected chi connectivity index (χ0v) is 13.5. The van der Waals surface area contributed by atoms with Crippen LogP contribution in [0.5, 0.6) is 5.75 Å². The Balaban J connectivity index is 2.25. The number of piperidine rings is 1. The lowest BCUT2D eigenvalue weighted by molar-refractivity contribution is -0.143. The molecule has 0 amide bonds. The maximum absolute atomic E-state index is 12.7. The third-order valence-electron chi connectivity index (χ3n) is 3.92. The van der Waals surface area contributed by atoms with Crippen molar-refractivity contribution in [1.82, 2.24) is 4.31 Å². The maximum Gasteiger partial charge on any atom is 0.307 e. The number of hydrogen-bond donors (Lipinski definition) is 1. The quantitative estimate of drug-likeness (QED) is 0.894. The summed E-state index contributed by atoms with van der Waals surface area (Å²) in [6, 6.07) is 6.01. The molecule has 1 aliphatic heterocycles. The van der Waals surface area contributed by atoms with Crippen LogP contribution in [-0.2, 0) is 14.8 Å². The van der Waals surface area contributed by atoms with Crippen LogP contribution in [0.2, 0.25) is 0 Å². The van der Waals surface area contributed by atoms with Gasteiger partial charge in [0.05, 0.1) is 17.4 Å². The lowest BCUT2D eigenvalue weighted by atomic mass is 9.96. The molecule has 1 heterocycles. The smallest absolute Gasteiger partial charge is 0.307 e. The van der Waals surface area contributed by atoms with Crippen LogP contribution in [0.3, 0.4) is 0 Å². The van der Waals surface area contributed by atoms with Gasteiger partial charge >= 0.3 is 5.97 Å². The second-order valence-corrected chi connectivity index (χ2v) is 7.33. The second kappa shape index (κ2) is 6.66. The molecule has 6 nitrogen and oxygen atoms in total. The number of ether oxygens (including phenoxy) is 1. The van der Waals surface area contributed by atoms with E-state index in [2.05, 4.69) is 0 Å². The third kappa shape index (κ3) is 3.41. The van der Waals surface area contributed by atoms with Gasteiger partial charge < -0.3 is 9.84 Å². The highest BCUT2D eigenvalue weighted by Gasteiger charge is 2.37. The van der Waals surface area contributed by atoms with E-state index in [0.29, 0.717) is 25.2 Å². The van der Waals surface area contributed by atoms with Gasteiger partial charge in [0.1, 0.15) is 5.75 Å². The van der Waals surface area contributed by atoms with E-state index >= 15 is 0 Å². The highest BCUT2D eigenvalue weighted by molar-refractivity contribution is 7.89. The fourth-order valence-electron chi connectivity index (χ4n) is 2.62. The molecular formula is C15H21NO5S. The highest BCUT2D eigenvalue weighted by atomic mass is 32.2. The predicted molar refractivity (Wildman–Crippen MR) is 81.3 cm³/mol. The van der Waals surface area contributed by atoms with Gasteiger partial charge in [0, 0.05) is 12.6 Å². The minimum Gasteiger partial charge on any atom is -0.494 e. The van der Waals surface area contributed by atoms with E-state index in [1.54, 1.807) is 12.1 Å². The van der Waals surface area contributed by atoms with Gasteiger partial charge in [0.25, 0.3) is 0 Å². The normalized spacial score (nSPS) is 23.2. The zero-order chi connectivity index (χ0) is 16.3. The molecule has 2 atom stereocenters. The van der Waals surface area contributed by atoms with Gasteiger partial charge in [-0.1, -0.05) is 0 Å². The van der Waals surface area contributed by atoms with E-state index in [0.717, 1.165) is 0 Å². The van der Waals surface area contributed by atoms with Crippen molar-refractivity contribution in [3.63, 3.8) is 0 Å². The van der Waals surface area contributed by atoms with Crippen molar-refractivity contribution in [2.75, 3.05) is 13.2 Å². The molecule has 1 N–H and O–H groups in total. The molecule has 22 heavy (non-hydrogen) atoms. The number of sulfonamides is 1. The van der Waals surface area contributed by atoms with Crippen LogP contribution in [0.15, 0.2) is 29.2 Å². The van der Waals surface area contributed by atoms with Crippen molar-refractivity contribution in [2.24, 2.45) is 5.92 Å². The molecule has 2 unspecified atom stereocenters. The Labute approximate surface area is 130 Å². The van der Waals surface area contributed by atoms with E-state index < -0.39 is 21.9 Å². The fraction of sp³-hybridized carbons (Fsp3) is 0.533. The summed E-state index contributed by atoms with van der Waals surface area (Å²) in [7, 11) is -3.69. The molecule has 7 heteroatoms. The Morgan fingerprint density at radius 1 is 1.32 bits per heavy atom. The van der Waals surface area contributed by atoms with Crippen LogP contribution < -0.4 is 4.74 Å². The van der Waals surface area contributed by atoms with Crippen LogP contribution in [0.1, 0.15) is 26.7 Å². The van der Waals surface area contributed by atoms with Gasteiger partial charge in [0.2, 0.25) is 10.0 Å². The monoisotopic (exact) mass is 327 g/mol. The zero-order valence-electron chi connectivity index (χ0n) is 12.7. The molecule has 0 aliphatic carbocycles. The lowest BCUT2D eigenvalue weighted by Crippen LogP contribution is -2.47. The summed E-state index contributed by atoms with van der Waals surface area (Å²) < 4.78 is 32.1. The number of benzene rings is 1.